The lowest BCUT2D eigenvalue weighted by molar-refractivity contribution is 0.836. The summed E-state index contributed by atoms with van der Waals surface area (Å²) >= 11 is 0. The molecule has 0 heteroatoms. The van der Waals surface area contributed by atoms with E-state index in [9.17, 15) is 0 Å². The fraction of sp³-hybridized carbons (Fsp3) is 0.250. The maximum atomic E-state index is 3.26. The van der Waals surface area contributed by atoms with Crippen LogP contribution in [-0.2, 0) is 0 Å². The van der Waals surface area contributed by atoms with Crippen molar-refractivity contribution in [3.05, 3.63) is 53.3 Å². The molecule has 0 spiro atoms. The Morgan fingerprint density at radius 1 is 1.25 bits per heavy atom. The van der Waals surface area contributed by atoms with E-state index in [1.54, 1.807) is 0 Å². The summed E-state index contributed by atoms with van der Waals surface area (Å²) in [5.41, 5.74) is 6.04. The molecule has 1 aromatic rings. The molecular weight excluding hydrogens is 144 g/mol. The van der Waals surface area contributed by atoms with Crippen LogP contribution in [0.1, 0.15) is 24.8 Å². The standard InChI is InChI=1S/C12H12/c1-10-6-5-9-12(10)11-7-3-2-4-8-11/h2-5,7-8,12H,9H2,1H3. The molecule has 1 atom stereocenters. The Balaban J connectivity index is 2.29. The van der Waals surface area contributed by atoms with Crippen LogP contribution in [0.5, 0.6) is 0 Å². The second-order valence-electron chi connectivity index (χ2n) is 3.23. The van der Waals surface area contributed by atoms with E-state index in [-0.39, 0.29) is 0 Å². The Kier molecular flexibility index (Phi) is 1.85. The Hall–Kier alpha value is -1.26. The summed E-state index contributed by atoms with van der Waals surface area (Å²) in [4.78, 5) is 0. The fourth-order valence-corrected chi connectivity index (χ4v) is 1.69. The van der Waals surface area contributed by atoms with Gasteiger partial charge < -0.3 is 0 Å². The average molecular weight is 156 g/mol. The van der Waals surface area contributed by atoms with Gasteiger partial charge in [0, 0.05) is 5.92 Å². The summed E-state index contributed by atoms with van der Waals surface area (Å²) in [6.45, 7) is 2.15. The van der Waals surface area contributed by atoms with Crippen LogP contribution in [0.2, 0.25) is 0 Å². The third-order valence-electron chi connectivity index (χ3n) is 2.41. The lowest BCUT2D eigenvalue weighted by Gasteiger charge is -2.10. The zero-order valence-corrected chi connectivity index (χ0v) is 7.25. The predicted octanol–water partition coefficient (Wildman–Crippen LogP) is 3.28. The van der Waals surface area contributed by atoms with E-state index in [1.807, 2.05) is 0 Å². The van der Waals surface area contributed by atoms with E-state index in [0.717, 1.165) is 6.42 Å². The van der Waals surface area contributed by atoms with Crippen molar-refractivity contribution >= 4 is 0 Å². The highest BCUT2D eigenvalue weighted by molar-refractivity contribution is 5.31. The maximum Gasteiger partial charge on any atom is 0.0162 e. The number of hydrogen-bond acceptors (Lipinski definition) is 0. The zero-order valence-electron chi connectivity index (χ0n) is 7.25. The molecule has 1 aliphatic carbocycles. The van der Waals surface area contributed by atoms with Crippen LogP contribution in [0.3, 0.4) is 0 Å². The summed E-state index contributed by atoms with van der Waals surface area (Å²) < 4.78 is 0. The highest BCUT2D eigenvalue weighted by atomic mass is 14.2. The minimum absolute atomic E-state index is 0.589. The summed E-state index contributed by atoms with van der Waals surface area (Å²) in [5, 5.41) is 0. The van der Waals surface area contributed by atoms with Crippen molar-refractivity contribution in [3.63, 3.8) is 0 Å². The van der Waals surface area contributed by atoms with Crippen LogP contribution in [0, 0.1) is 0 Å². The molecule has 0 amide bonds. The highest BCUT2D eigenvalue weighted by Crippen LogP contribution is 2.30. The van der Waals surface area contributed by atoms with Gasteiger partial charge in [-0.15, -0.1) is 5.73 Å². The monoisotopic (exact) mass is 156 g/mol. The molecular formula is C12H12. The van der Waals surface area contributed by atoms with Gasteiger partial charge in [0.2, 0.25) is 0 Å². The first-order valence-corrected chi connectivity index (χ1v) is 4.34. The van der Waals surface area contributed by atoms with Crippen molar-refractivity contribution in [1.29, 1.82) is 0 Å². The van der Waals surface area contributed by atoms with Crippen molar-refractivity contribution in [2.45, 2.75) is 19.3 Å². The molecule has 0 radical (unpaired) electrons. The second kappa shape index (κ2) is 3.00. The number of benzene rings is 1. The van der Waals surface area contributed by atoms with Gasteiger partial charge in [0.05, 0.1) is 0 Å². The van der Waals surface area contributed by atoms with Crippen molar-refractivity contribution in [2.75, 3.05) is 0 Å². The molecule has 0 saturated carbocycles. The molecule has 1 unspecified atom stereocenters. The molecule has 0 fully saturated rings. The third-order valence-corrected chi connectivity index (χ3v) is 2.41. The van der Waals surface area contributed by atoms with E-state index in [0.29, 0.717) is 5.92 Å². The van der Waals surface area contributed by atoms with E-state index in [2.05, 4.69) is 49.1 Å². The Morgan fingerprint density at radius 3 is 2.58 bits per heavy atom. The summed E-state index contributed by atoms with van der Waals surface area (Å²) in [6.07, 6.45) is 3.25. The number of allylic oxidation sites excluding steroid dienone is 1. The minimum Gasteiger partial charge on any atom is -0.126 e. The Labute approximate surface area is 73.2 Å². The second-order valence-corrected chi connectivity index (χ2v) is 3.23. The van der Waals surface area contributed by atoms with Crippen LogP contribution < -0.4 is 0 Å². The van der Waals surface area contributed by atoms with Crippen molar-refractivity contribution in [1.82, 2.24) is 0 Å². The van der Waals surface area contributed by atoms with Gasteiger partial charge in [-0.3, -0.25) is 0 Å². The van der Waals surface area contributed by atoms with E-state index in [4.69, 9.17) is 0 Å². The quantitative estimate of drug-likeness (QED) is 0.547. The lowest BCUT2D eigenvalue weighted by Crippen LogP contribution is -1.94. The largest absolute Gasteiger partial charge is 0.126 e. The van der Waals surface area contributed by atoms with Gasteiger partial charge in [-0.2, -0.15) is 0 Å². The van der Waals surface area contributed by atoms with Gasteiger partial charge in [0.25, 0.3) is 0 Å². The first kappa shape index (κ1) is 7.39. The molecule has 0 N–H and O–H groups in total. The minimum atomic E-state index is 0.589. The SMILES string of the molecule is CC1=C=CCC1c1ccccc1. The Morgan fingerprint density at radius 2 is 2.00 bits per heavy atom. The summed E-state index contributed by atoms with van der Waals surface area (Å²) in [5.74, 6) is 0.589. The van der Waals surface area contributed by atoms with Crippen molar-refractivity contribution in [2.24, 2.45) is 0 Å². The van der Waals surface area contributed by atoms with E-state index < -0.39 is 0 Å². The van der Waals surface area contributed by atoms with Crippen LogP contribution in [0.15, 0.2) is 47.7 Å². The number of rotatable bonds is 1. The molecule has 0 aliphatic heterocycles. The lowest BCUT2D eigenvalue weighted by atomic mass is 9.93. The molecule has 60 valence electrons. The fourth-order valence-electron chi connectivity index (χ4n) is 1.69. The van der Waals surface area contributed by atoms with Crippen molar-refractivity contribution < 1.29 is 0 Å². The van der Waals surface area contributed by atoms with Crippen molar-refractivity contribution in [3.8, 4) is 0 Å². The zero-order chi connectivity index (χ0) is 8.39. The molecule has 0 nitrogen and oxygen atoms in total. The molecule has 2 rings (SSSR count). The van der Waals surface area contributed by atoms with Crippen LogP contribution >= 0.6 is 0 Å². The molecule has 0 bridgehead atoms. The van der Waals surface area contributed by atoms with Crippen LogP contribution in [-0.4, -0.2) is 0 Å². The molecule has 12 heavy (non-hydrogen) atoms. The molecule has 0 aromatic heterocycles. The van der Waals surface area contributed by atoms with Crippen LogP contribution in [0.4, 0.5) is 0 Å². The Bertz CT molecular complexity index is 326. The van der Waals surface area contributed by atoms with Gasteiger partial charge in [0.1, 0.15) is 0 Å². The summed E-state index contributed by atoms with van der Waals surface area (Å²) in [6, 6.07) is 10.6. The van der Waals surface area contributed by atoms with Gasteiger partial charge in [-0.25, -0.2) is 0 Å². The average Bonchev–Trinajstić information content (AvgIpc) is 2.53. The third kappa shape index (κ3) is 1.22. The molecule has 1 aromatic carbocycles. The van der Waals surface area contributed by atoms with Gasteiger partial charge >= 0.3 is 0 Å². The topological polar surface area (TPSA) is 0 Å². The highest BCUT2D eigenvalue weighted by Gasteiger charge is 2.14. The first-order valence-electron chi connectivity index (χ1n) is 4.34. The predicted molar refractivity (Wildman–Crippen MR) is 51.1 cm³/mol. The van der Waals surface area contributed by atoms with Gasteiger partial charge in [-0.1, -0.05) is 30.3 Å². The molecule has 1 aliphatic rings. The van der Waals surface area contributed by atoms with Gasteiger partial charge in [-0.05, 0) is 30.6 Å². The molecule has 0 saturated heterocycles. The van der Waals surface area contributed by atoms with Crippen LogP contribution in [0.25, 0.3) is 0 Å². The maximum absolute atomic E-state index is 3.26. The number of hydrogen-bond donors (Lipinski definition) is 0. The van der Waals surface area contributed by atoms with E-state index in [1.165, 1.54) is 11.1 Å². The molecule has 0 heterocycles. The van der Waals surface area contributed by atoms with Gasteiger partial charge in [0.15, 0.2) is 0 Å². The normalized spacial score (nSPS) is 21.1. The summed E-state index contributed by atoms with van der Waals surface area (Å²) in [7, 11) is 0. The smallest absolute Gasteiger partial charge is 0.0162 e. The first-order chi connectivity index (χ1) is 5.88. The van der Waals surface area contributed by atoms with E-state index >= 15 is 0 Å².